The van der Waals surface area contributed by atoms with Crippen LogP contribution in [0.25, 0.3) is 0 Å². The highest BCUT2D eigenvalue weighted by atomic mass is 16.3. The number of urea groups is 3. The predicted molar refractivity (Wildman–Crippen MR) is 192 cm³/mol. The molecular formula is C33H51N9O15. The second-order valence-corrected chi connectivity index (χ2v) is 15.5. The molecule has 318 valence electrons. The molecule has 4 heterocycles. The van der Waals surface area contributed by atoms with Crippen LogP contribution in [0.5, 0.6) is 0 Å². The van der Waals surface area contributed by atoms with Crippen molar-refractivity contribution in [2.75, 3.05) is 59.1 Å². The Morgan fingerprint density at radius 1 is 0.404 bits per heavy atom. The Morgan fingerprint density at radius 3 is 0.807 bits per heavy atom. The van der Waals surface area contributed by atoms with Gasteiger partial charge in [-0.25, -0.2) is 42.5 Å². The number of hydrogen-bond donors (Lipinski definition) is 6. The molecular weight excluding hydrogens is 762 g/mol. The predicted octanol–water partition coefficient (Wildman–Crippen LogP) is -5.64. The monoisotopic (exact) mass is 813 g/mol. The van der Waals surface area contributed by atoms with E-state index in [9.17, 15) is 73.8 Å². The maximum Gasteiger partial charge on any atom is 0.336 e. The van der Waals surface area contributed by atoms with Crippen molar-refractivity contribution in [3.05, 3.63) is 31.5 Å². The lowest BCUT2D eigenvalue weighted by Gasteiger charge is -2.26. The summed E-state index contributed by atoms with van der Waals surface area (Å²) >= 11 is 0. The van der Waals surface area contributed by atoms with Crippen LogP contribution in [0.4, 0.5) is 14.4 Å². The normalized spacial score (nSPS) is 20.8. The molecule has 0 saturated carbocycles. The maximum absolute atomic E-state index is 13.8. The molecule has 3 aliphatic rings. The van der Waals surface area contributed by atoms with Crippen LogP contribution in [-0.2, 0) is 34.0 Å². The van der Waals surface area contributed by atoms with E-state index >= 15 is 0 Å². The first-order valence-corrected chi connectivity index (χ1v) is 18.1. The molecule has 6 N–H and O–H groups in total. The van der Waals surface area contributed by atoms with Crippen LogP contribution in [0.1, 0.15) is 41.5 Å². The Labute approximate surface area is 324 Å². The van der Waals surface area contributed by atoms with Crippen molar-refractivity contribution in [2.24, 2.45) is 0 Å². The van der Waals surface area contributed by atoms with Crippen LogP contribution < -0.4 is 17.1 Å². The fourth-order valence-electron chi connectivity index (χ4n) is 7.25. The molecule has 3 saturated heterocycles. The van der Waals surface area contributed by atoms with E-state index in [0.717, 1.165) is 14.7 Å². The van der Waals surface area contributed by atoms with Crippen LogP contribution in [0, 0.1) is 0 Å². The number of carbonyl (C=O) groups is 6. The molecule has 0 radical (unpaired) electrons. The van der Waals surface area contributed by atoms with Crippen LogP contribution in [0.3, 0.4) is 0 Å². The second kappa shape index (κ2) is 16.5. The molecule has 3 fully saturated rings. The Hall–Kier alpha value is -5.01. The fourth-order valence-corrected chi connectivity index (χ4v) is 7.25. The quantitative estimate of drug-likeness (QED) is 0.0753. The van der Waals surface area contributed by atoms with Crippen LogP contribution in [0.15, 0.2) is 14.4 Å². The lowest BCUT2D eigenvalue weighted by molar-refractivity contribution is -0.133. The lowest BCUT2D eigenvalue weighted by atomic mass is 10.0. The molecule has 3 aliphatic heterocycles. The molecule has 9 amide bonds. The summed E-state index contributed by atoms with van der Waals surface area (Å²) in [5.41, 5.74) is -8.51. The molecule has 0 bridgehead atoms. The van der Waals surface area contributed by atoms with Gasteiger partial charge in [-0.3, -0.25) is 29.1 Å². The Balaban J connectivity index is 1.69. The molecule has 0 aliphatic carbocycles. The summed E-state index contributed by atoms with van der Waals surface area (Å²) in [5, 5.41) is 61.4. The molecule has 57 heavy (non-hydrogen) atoms. The summed E-state index contributed by atoms with van der Waals surface area (Å²) in [7, 11) is 0. The van der Waals surface area contributed by atoms with Gasteiger partial charge in [0.25, 0.3) is 17.7 Å². The number of nitrogens with zero attached hydrogens (tertiary/aromatic N) is 9. The van der Waals surface area contributed by atoms with Crippen molar-refractivity contribution >= 4 is 35.8 Å². The lowest BCUT2D eigenvalue weighted by Crippen LogP contribution is -2.58. The first kappa shape index (κ1) is 44.7. The zero-order chi connectivity index (χ0) is 43.1. The topological polar surface area (TPSA) is 309 Å². The third kappa shape index (κ3) is 7.96. The van der Waals surface area contributed by atoms with Gasteiger partial charge < -0.3 is 45.3 Å². The summed E-state index contributed by atoms with van der Waals surface area (Å²) in [5.74, 6) is -2.29. The van der Waals surface area contributed by atoms with Gasteiger partial charge in [-0.15, -0.1) is 0 Å². The van der Waals surface area contributed by atoms with Crippen LogP contribution >= 0.6 is 0 Å². The molecule has 24 heteroatoms. The van der Waals surface area contributed by atoms with E-state index in [1.807, 2.05) is 0 Å². The molecule has 0 aromatic carbocycles. The highest BCUT2D eigenvalue weighted by Gasteiger charge is 2.53. The van der Waals surface area contributed by atoms with E-state index in [2.05, 4.69) is 0 Å². The van der Waals surface area contributed by atoms with E-state index in [4.69, 9.17) is 0 Å². The van der Waals surface area contributed by atoms with E-state index < -0.39 is 147 Å². The summed E-state index contributed by atoms with van der Waals surface area (Å²) in [6.45, 7) is 1.23. The minimum atomic E-state index is -1.83. The zero-order valence-corrected chi connectivity index (χ0v) is 32.6. The van der Waals surface area contributed by atoms with Gasteiger partial charge in [0.15, 0.2) is 0 Å². The summed E-state index contributed by atoms with van der Waals surface area (Å²) < 4.78 is 1.01. The molecule has 0 spiro atoms. The van der Waals surface area contributed by atoms with Crippen molar-refractivity contribution < 1.29 is 59.4 Å². The number of carbonyl (C=O) groups excluding carboxylic acids is 6. The van der Waals surface area contributed by atoms with Crippen molar-refractivity contribution in [3.8, 4) is 0 Å². The summed E-state index contributed by atoms with van der Waals surface area (Å²) in [4.78, 5) is 125. The van der Waals surface area contributed by atoms with E-state index in [1.54, 1.807) is 0 Å². The summed E-state index contributed by atoms with van der Waals surface area (Å²) in [6, 6.07) is -2.63. The highest BCUT2D eigenvalue weighted by Crippen LogP contribution is 2.29. The van der Waals surface area contributed by atoms with Gasteiger partial charge in [0.1, 0.15) is 16.6 Å². The van der Waals surface area contributed by atoms with Gasteiger partial charge in [0.05, 0.1) is 77.4 Å². The maximum atomic E-state index is 13.8. The fraction of sp³-hybridized carbons (Fsp3) is 0.727. The first-order valence-electron chi connectivity index (χ1n) is 18.1. The number of amides is 9. The number of rotatable bonds is 18. The molecule has 1 aromatic rings. The first-order chi connectivity index (χ1) is 26.4. The minimum absolute atomic E-state index is 0.221. The van der Waals surface area contributed by atoms with Crippen molar-refractivity contribution in [3.63, 3.8) is 0 Å². The van der Waals surface area contributed by atoms with Gasteiger partial charge in [-0.1, -0.05) is 0 Å². The average molecular weight is 814 g/mol. The van der Waals surface area contributed by atoms with Crippen molar-refractivity contribution in [1.29, 1.82) is 0 Å². The van der Waals surface area contributed by atoms with Crippen molar-refractivity contribution in [2.45, 2.75) is 96.1 Å². The molecule has 3 unspecified atom stereocenters. The number of β-amino-alcohol motifs (C(OH)–C–C–N with tert-alkyl or cyclic N) is 6. The van der Waals surface area contributed by atoms with Gasteiger partial charge in [-0.2, -0.15) is 0 Å². The average Bonchev–Trinajstić information content (AvgIpc) is 3.47. The summed E-state index contributed by atoms with van der Waals surface area (Å²) in [6.07, 6.45) is -5.50. The largest absolute Gasteiger partial charge is 0.395 e. The number of aliphatic hydroxyl groups is 6. The Bertz CT molecular complexity index is 1720. The van der Waals surface area contributed by atoms with Gasteiger partial charge in [-0.05, 0) is 41.5 Å². The third-order valence-corrected chi connectivity index (χ3v) is 10.4. The molecule has 4 rings (SSSR count). The Kier molecular flexibility index (Phi) is 12.9. The van der Waals surface area contributed by atoms with Gasteiger partial charge >= 0.3 is 35.2 Å². The number of imide groups is 3. The molecule has 1 aromatic heterocycles. The van der Waals surface area contributed by atoms with Crippen LogP contribution in [-0.4, -0.2) is 204 Å². The van der Waals surface area contributed by atoms with Crippen molar-refractivity contribution in [1.82, 2.24) is 43.1 Å². The number of aliphatic hydroxyl groups excluding tert-OH is 6. The number of aromatic nitrogens is 3. The Morgan fingerprint density at radius 2 is 0.614 bits per heavy atom. The van der Waals surface area contributed by atoms with E-state index in [1.165, 1.54) is 41.5 Å². The SMILES string of the molecule is CC1(C)C(=O)N(CC(O)Cn2c(=O)n(CC(O)CN3C(=O)N(CCO)C(C)(C)C3=O)c(=O)n(CC(O)CN3C(=O)N(CCO)C(C)(C)C3=O)c2=O)C(=O)N1CCO. The highest BCUT2D eigenvalue weighted by molar-refractivity contribution is 6.07. The minimum Gasteiger partial charge on any atom is -0.395 e. The molecule has 3 atom stereocenters. The van der Waals surface area contributed by atoms with Crippen LogP contribution in [0.2, 0.25) is 0 Å². The molecule has 24 nitrogen and oxygen atoms in total. The third-order valence-electron chi connectivity index (χ3n) is 10.4. The standard InChI is InChI=1S/C33H51N9O15/c1-31(2)22(49)34(28(55)40(31)7-10-43)13-19(46)16-37-25(52)38(17-20(47)14-35-23(50)32(3,4)41(8-11-44)29(35)56)27(54)39(26(37)53)18-21(48)15-36-24(51)33(5,6)42(9-12-45)30(36)57/h19-21,43-48H,7-18H2,1-6H3. The second-order valence-electron chi connectivity index (χ2n) is 15.5. The van der Waals surface area contributed by atoms with Gasteiger partial charge in [0, 0.05) is 19.6 Å². The number of hydrogen-bond acceptors (Lipinski definition) is 15. The zero-order valence-electron chi connectivity index (χ0n) is 32.6. The van der Waals surface area contributed by atoms with E-state index in [0.29, 0.717) is 28.4 Å². The smallest absolute Gasteiger partial charge is 0.336 e. The van der Waals surface area contributed by atoms with E-state index in [-0.39, 0.29) is 19.6 Å². The van der Waals surface area contributed by atoms with Gasteiger partial charge in [0.2, 0.25) is 0 Å².